The lowest BCUT2D eigenvalue weighted by Gasteiger charge is -2.46. The fourth-order valence-corrected chi connectivity index (χ4v) is 5.17. The van der Waals surface area contributed by atoms with Crippen LogP contribution in [0.4, 0.5) is 11.4 Å². The predicted octanol–water partition coefficient (Wildman–Crippen LogP) is 5.19. The van der Waals surface area contributed by atoms with Gasteiger partial charge in [-0.25, -0.2) is 0 Å². The summed E-state index contributed by atoms with van der Waals surface area (Å²) in [6.07, 6.45) is 7.11. The summed E-state index contributed by atoms with van der Waals surface area (Å²) in [7, 11) is 0. The first-order valence-corrected chi connectivity index (χ1v) is 11.7. The van der Waals surface area contributed by atoms with E-state index >= 15 is 0 Å². The molecule has 2 aliphatic rings. The Morgan fingerprint density at radius 3 is 1.40 bits per heavy atom. The van der Waals surface area contributed by atoms with Gasteiger partial charge in [-0.3, -0.25) is 9.97 Å². The maximum absolute atomic E-state index is 4.07. The topological polar surface area (TPSA) is 32.3 Å². The number of nitrogens with zero attached hydrogens (tertiary/aromatic N) is 4. The molecule has 2 aromatic carbocycles. The number of aryl methyl sites for hydroxylation is 2. The number of benzene rings is 2. The van der Waals surface area contributed by atoms with E-state index in [1.807, 2.05) is 24.3 Å². The van der Waals surface area contributed by atoms with E-state index in [2.05, 4.69) is 81.6 Å². The van der Waals surface area contributed by atoms with E-state index in [9.17, 15) is 0 Å². The molecular weight excluding hydrogens is 428 g/mol. The second-order valence-electron chi connectivity index (χ2n) is 9.11. The third-order valence-corrected chi connectivity index (χ3v) is 6.52. The van der Waals surface area contributed by atoms with Crippen LogP contribution in [0.2, 0.25) is 0 Å². The third-order valence-electron chi connectivity index (χ3n) is 6.52. The number of rotatable bonds is 0. The first-order valence-electron chi connectivity index (χ1n) is 11.7. The van der Waals surface area contributed by atoms with Gasteiger partial charge < -0.3 is 9.80 Å². The number of hydrogen-bond acceptors (Lipinski definition) is 4. The Bertz CT molecular complexity index is 1430. The molecule has 0 saturated carbocycles. The van der Waals surface area contributed by atoms with Crippen LogP contribution in [0.5, 0.6) is 0 Å². The van der Waals surface area contributed by atoms with Gasteiger partial charge in [-0.2, -0.15) is 0 Å². The molecule has 168 valence electrons. The normalized spacial score (nSPS) is 13.1. The second kappa shape index (κ2) is 8.67. The number of anilines is 2. The Hall–Kier alpha value is -4.54. The number of aromatic nitrogens is 2. The lowest BCUT2D eigenvalue weighted by Crippen LogP contribution is -2.46. The summed E-state index contributed by atoms with van der Waals surface area (Å²) in [6, 6.07) is 16.7. The van der Waals surface area contributed by atoms with Crippen LogP contribution in [0.3, 0.4) is 0 Å². The number of hydrogen-bond donors (Lipinski definition) is 0. The maximum Gasteiger partial charge on any atom is 0.0910 e. The minimum Gasteiger partial charge on any atom is -0.349 e. The minimum atomic E-state index is 0.882. The average molecular weight is 453 g/mol. The van der Waals surface area contributed by atoms with Crippen molar-refractivity contribution >= 4 is 11.4 Å². The van der Waals surface area contributed by atoms with Crippen molar-refractivity contribution in [1.29, 1.82) is 0 Å². The first kappa shape index (κ1) is 21.0. The van der Waals surface area contributed by atoms with Gasteiger partial charge in [0.05, 0.1) is 6.67 Å². The highest BCUT2D eigenvalue weighted by Gasteiger charge is 2.31. The largest absolute Gasteiger partial charge is 0.349 e. The third kappa shape index (κ3) is 4.12. The molecular formula is C31H24N4. The van der Waals surface area contributed by atoms with Gasteiger partial charge >= 0.3 is 0 Å². The van der Waals surface area contributed by atoms with Gasteiger partial charge in [0.15, 0.2) is 0 Å². The molecule has 4 nitrogen and oxygen atoms in total. The SMILES string of the molecule is Cc1cc(C#Cc2ccncc2)cc2c1N1Cc3cc(C#Cc4ccncc4)cc(C)c3N(C2)C1. The average Bonchev–Trinajstić information content (AvgIpc) is 2.87. The fourth-order valence-electron chi connectivity index (χ4n) is 5.17. The Kier molecular flexibility index (Phi) is 5.21. The van der Waals surface area contributed by atoms with Gasteiger partial charge in [0.25, 0.3) is 0 Å². The van der Waals surface area contributed by atoms with Crippen LogP contribution < -0.4 is 9.80 Å². The van der Waals surface area contributed by atoms with E-state index in [0.717, 1.165) is 42.0 Å². The molecule has 35 heavy (non-hydrogen) atoms. The molecule has 2 bridgehead atoms. The summed E-state index contributed by atoms with van der Waals surface area (Å²) >= 11 is 0. The molecule has 6 rings (SSSR count). The molecule has 0 unspecified atom stereocenters. The van der Waals surface area contributed by atoms with Crippen molar-refractivity contribution in [3.63, 3.8) is 0 Å². The van der Waals surface area contributed by atoms with Gasteiger partial charge in [-0.05, 0) is 84.6 Å². The molecule has 0 radical (unpaired) electrons. The molecule has 0 N–H and O–H groups in total. The highest BCUT2D eigenvalue weighted by atomic mass is 15.4. The Labute approximate surface area is 206 Å². The van der Waals surface area contributed by atoms with Crippen molar-refractivity contribution in [3.8, 4) is 23.7 Å². The van der Waals surface area contributed by atoms with E-state index in [1.165, 1.54) is 33.6 Å². The van der Waals surface area contributed by atoms with Gasteiger partial charge in [0.1, 0.15) is 0 Å². The van der Waals surface area contributed by atoms with Crippen molar-refractivity contribution in [2.24, 2.45) is 0 Å². The molecule has 2 aliphatic heterocycles. The Balaban J connectivity index is 1.33. The lowest BCUT2D eigenvalue weighted by molar-refractivity contribution is 0.646. The summed E-state index contributed by atoms with van der Waals surface area (Å²) in [5.74, 6) is 13.2. The van der Waals surface area contributed by atoms with Gasteiger partial charge in [-0.15, -0.1) is 0 Å². The van der Waals surface area contributed by atoms with Crippen LogP contribution in [0.1, 0.15) is 44.5 Å². The molecule has 4 heteroatoms. The Morgan fingerprint density at radius 1 is 0.571 bits per heavy atom. The Morgan fingerprint density at radius 2 is 0.971 bits per heavy atom. The van der Waals surface area contributed by atoms with E-state index in [4.69, 9.17) is 0 Å². The van der Waals surface area contributed by atoms with Crippen molar-refractivity contribution in [1.82, 2.24) is 9.97 Å². The van der Waals surface area contributed by atoms with Crippen molar-refractivity contribution in [2.75, 3.05) is 16.5 Å². The molecule has 0 amide bonds. The molecule has 0 spiro atoms. The molecule has 0 atom stereocenters. The highest BCUT2D eigenvalue weighted by molar-refractivity contribution is 5.74. The highest BCUT2D eigenvalue weighted by Crippen LogP contribution is 2.41. The second-order valence-corrected chi connectivity index (χ2v) is 9.11. The van der Waals surface area contributed by atoms with E-state index in [-0.39, 0.29) is 0 Å². The molecule has 0 saturated heterocycles. The fraction of sp³-hybridized carbons (Fsp3) is 0.161. The zero-order valence-electron chi connectivity index (χ0n) is 19.8. The van der Waals surface area contributed by atoms with Crippen LogP contribution in [-0.2, 0) is 13.1 Å². The van der Waals surface area contributed by atoms with E-state index in [0.29, 0.717) is 0 Å². The summed E-state index contributed by atoms with van der Waals surface area (Å²) in [4.78, 5) is 13.1. The molecule has 2 aromatic heterocycles. The molecule has 0 aliphatic carbocycles. The van der Waals surface area contributed by atoms with E-state index < -0.39 is 0 Å². The minimum absolute atomic E-state index is 0.882. The van der Waals surface area contributed by atoms with Gasteiger partial charge in [0, 0.05) is 71.5 Å². The number of fused-ring (bicyclic) bond motifs is 6. The number of pyridine rings is 2. The van der Waals surface area contributed by atoms with Crippen molar-refractivity contribution < 1.29 is 0 Å². The van der Waals surface area contributed by atoms with Crippen LogP contribution in [-0.4, -0.2) is 16.6 Å². The smallest absolute Gasteiger partial charge is 0.0910 e. The zero-order chi connectivity index (χ0) is 23.8. The van der Waals surface area contributed by atoms with Crippen LogP contribution in [0, 0.1) is 37.5 Å². The molecule has 4 aromatic rings. The first-order chi connectivity index (χ1) is 17.1. The summed E-state index contributed by atoms with van der Waals surface area (Å²) in [5, 5.41) is 0. The van der Waals surface area contributed by atoms with Gasteiger partial charge in [-0.1, -0.05) is 23.7 Å². The predicted molar refractivity (Wildman–Crippen MR) is 140 cm³/mol. The van der Waals surface area contributed by atoms with Gasteiger partial charge in [0.2, 0.25) is 0 Å². The summed E-state index contributed by atoms with van der Waals surface area (Å²) in [6.45, 7) is 7.07. The summed E-state index contributed by atoms with van der Waals surface area (Å²) in [5.41, 5.74) is 12.0. The lowest BCUT2D eigenvalue weighted by atomic mass is 9.94. The molecule has 0 fully saturated rings. The van der Waals surface area contributed by atoms with Crippen molar-refractivity contribution in [3.05, 3.63) is 118 Å². The van der Waals surface area contributed by atoms with Crippen molar-refractivity contribution in [2.45, 2.75) is 26.9 Å². The monoisotopic (exact) mass is 452 g/mol. The zero-order valence-corrected chi connectivity index (χ0v) is 19.8. The maximum atomic E-state index is 4.07. The van der Waals surface area contributed by atoms with Crippen LogP contribution >= 0.6 is 0 Å². The standard InChI is InChI=1S/C31H24N4/c1-22-15-26(5-3-24-7-11-32-12-8-24)17-28-19-35-21-34(30(22)28)20-29-18-27(16-23(2)31(29)35)6-4-25-9-13-33-14-10-25/h7-18H,19-21H2,1-2H3. The van der Waals surface area contributed by atoms with Crippen LogP contribution in [0.15, 0.2) is 73.3 Å². The van der Waals surface area contributed by atoms with E-state index in [1.54, 1.807) is 24.8 Å². The molecule has 4 heterocycles. The van der Waals surface area contributed by atoms with Crippen LogP contribution in [0.25, 0.3) is 0 Å². The quantitative estimate of drug-likeness (QED) is 0.344. The summed E-state index contributed by atoms with van der Waals surface area (Å²) < 4.78 is 0.